The van der Waals surface area contributed by atoms with Crippen LogP contribution in [0.15, 0.2) is 48.0 Å². The van der Waals surface area contributed by atoms with E-state index in [9.17, 15) is 9.18 Å². The van der Waals surface area contributed by atoms with Crippen molar-refractivity contribution in [3.05, 3.63) is 65.0 Å². The number of anilines is 1. The van der Waals surface area contributed by atoms with E-state index in [1.807, 2.05) is 34.2 Å². The zero-order valence-electron chi connectivity index (χ0n) is 16.7. The van der Waals surface area contributed by atoms with E-state index in [0.717, 1.165) is 21.9 Å². The van der Waals surface area contributed by atoms with E-state index in [-0.39, 0.29) is 18.1 Å². The molecule has 0 radical (unpaired) electrons. The van der Waals surface area contributed by atoms with Crippen molar-refractivity contribution in [3.63, 3.8) is 0 Å². The van der Waals surface area contributed by atoms with Gasteiger partial charge in [0.2, 0.25) is 5.91 Å². The molecule has 30 heavy (non-hydrogen) atoms. The first kappa shape index (κ1) is 19.9. The van der Waals surface area contributed by atoms with Crippen LogP contribution < -0.4 is 14.8 Å². The van der Waals surface area contributed by atoms with Crippen LogP contribution in [-0.2, 0) is 11.2 Å². The Morgan fingerprint density at radius 3 is 2.70 bits per heavy atom. The van der Waals surface area contributed by atoms with Gasteiger partial charge in [-0.3, -0.25) is 9.20 Å². The lowest BCUT2D eigenvalue weighted by molar-refractivity contribution is -0.115. The zero-order valence-corrected chi connectivity index (χ0v) is 17.5. The maximum Gasteiger partial charge on any atom is 0.230 e. The highest BCUT2D eigenvalue weighted by atomic mass is 32.1. The average molecular weight is 425 g/mol. The first-order valence-corrected chi connectivity index (χ1v) is 10.1. The number of fused-ring (bicyclic) bond motifs is 1. The molecule has 1 N–H and O–H groups in total. The quantitative estimate of drug-likeness (QED) is 0.486. The predicted molar refractivity (Wildman–Crippen MR) is 115 cm³/mol. The molecule has 4 aromatic rings. The fraction of sp³-hybridized carbons (Fsp3) is 0.182. The number of carbonyl (C=O) groups excluding carboxylic acids is 1. The van der Waals surface area contributed by atoms with E-state index in [1.54, 1.807) is 27.2 Å². The van der Waals surface area contributed by atoms with Gasteiger partial charge in [-0.25, -0.2) is 9.37 Å². The maximum atomic E-state index is 13.3. The van der Waals surface area contributed by atoms with E-state index >= 15 is 0 Å². The SMILES string of the molecule is COc1ccc(-c2cn3c(CC(=O)Nc4ccc(F)cc4C)csc3n2)cc1OC. The summed E-state index contributed by atoms with van der Waals surface area (Å²) in [4.78, 5) is 18.0. The molecule has 2 aromatic heterocycles. The maximum absolute atomic E-state index is 13.3. The van der Waals surface area contributed by atoms with Crippen molar-refractivity contribution in [3.8, 4) is 22.8 Å². The summed E-state index contributed by atoms with van der Waals surface area (Å²) in [6.45, 7) is 1.76. The smallest absolute Gasteiger partial charge is 0.230 e. The normalized spacial score (nSPS) is 10.9. The highest BCUT2D eigenvalue weighted by Gasteiger charge is 2.15. The van der Waals surface area contributed by atoms with Gasteiger partial charge in [-0.05, 0) is 48.9 Å². The third-order valence-corrected chi connectivity index (χ3v) is 5.66. The number of rotatable bonds is 6. The van der Waals surface area contributed by atoms with Crippen molar-refractivity contribution in [1.29, 1.82) is 0 Å². The topological polar surface area (TPSA) is 64.9 Å². The molecule has 154 valence electrons. The van der Waals surface area contributed by atoms with Crippen LogP contribution in [0.3, 0.4) is 0 Å². The molecule has 0 aliphatic heterocycles. The standard InChI is InChI=1S/C22H20FN3O3S/c1-13-8-15(23)5-6-17(13)24-21(27)10-16-12-30-22-25-18(11-26(16)22)14-4-7-19(28-2)20(9-14)29-3/h4-9,11-12H,10H2,1-3H3,(H,24,27). The fourth-order valence-electron chi connectivity index (χ4n) is 3.22. The summed E-state index contributed by atoms with van der Waals surface area (Å²) >= 11 is 1.47. The number of nitrogens with zero attached hydrogens (tertiary/aromatic N) is 2. The molecule has 0 unspecified atom stereocenters. The predicted octanol–water partition coefficient (Wildman–Crippen LogP) is 4.71. The summed E-state index contributed by atoms with van der Waals surface area (Å²) in [5.41, 5.74) is 3.77. The van der Waals surface area contributed by atoms with E-state index in [0.29, 0.717) is 22.7 Å². The van der Waals surface area contributed by atoms with Crippen LogP contribution >= 0.6 is 11.3 Å². The molecular weight excluding hydrogens is 405 g/mol. The number of amides is 1. The summed E-state index contributed by atoms with van der Waals surface area (Å²) in [5, 5.41) is 4.76. The van der Waals surface area contributed by atoms with Gasteiger partial charge in [0.25, 0.3) is 0 Å². The highest BCUT2D eigenvalue weighted by Crippen LogP contribution is 2.32. The third kappa shape index (κ3) is 3.86. The molecule has 4 rings (SSSR count). The molecule has 0 spiro atoms. The number of aryl methyl sites for hydroxylation is 1. The lowest BCUT2D eigenvalue weighted by atomic mass is 10.1. The number of nitrogens with one attached hydrogen (secondary N) is 1. The Balaban J connectivity index is 1.56. The summed E-state index contributed by atoms with van der Waals surface area (Å²) in [6, 6.07) is 9.91. The van der Waals surface area contributed by atoms with Gasteiger partial charge in [-0.1, -0.05) is 0 Å². The second kappa shape index (κ2) is 8.16. The van der Waals surface area contributed by atoms with Gasteiger partial charge >= 0.3 is 0 Å². The van der Waals surface area contributed by atoms with E-state index in [1.165, 1.54) is 23.5 Å². The number of carbonyl (C=O) groups is 1. The van der Waals surface area contributed by atoms with Crippen LogP contribution in [0.25, 0.3) is 16.2 Å². The van der Waals surface area contributed by atoms with Crippen LogP contribution in [0.5, 0.6) is 11.5 Å². The molecule has 2 aromatic carbocycles. The number of benzene rings is 2. The summed E-state index contributed by atoms with van der Waals surface area (Å²) in [6.07, 6.45) is 2.08. The summed E-state index contributed by atoms with van der Waals surface area (Å²) in [5.74, 6) is 0.772. The Kier molecular flexibility index (Phi) is 5.41. The second-order valence-electron chi connectivity index (χ2n) is 6.76. The Morgan fingerprint density at radius 1 is 1.17 bits per heavy atom. The minimum atomic E-state index is -0.328. The third-order valence-electron chi connectivity index (χ3n) is 4.77. The summed E-state index contributed by atoms with van der Waals surface area (Å²) < 4.78 is 25.8. The molecule has 0 aliphatic rings. The molecule has 0 saturated heterocycles. The minimum Gasteiger partial charge on any atom is -0.493 e. The van der Waals surface area contributed by atoms with E-state index in [2.05, 4.69) is 10.3 Å². The Hall–Kier alpha value is -3.39. The Morgan fingerprint density at radius 2 is 1.97 bits per heavy atom. The number of imidazole rings is 1. The van der Waals surface area contributed by atoms with Crippen molar-refractivity contribution < 1.29 is 18.7 Å². The van der Waals surface area contributed by atoms with Gasteiger partial charge in [0.15, 0.2) is 16.5 Å². The van der Waals surface area contributed by atoms with Gasteiger partial charge in [0.05, 0.1) is 26.3 Å². The number of halogens is 1. The summed E-state index contributed by atoms with van der Waals surface area (Å²) in [7, 11) is 3.18. The van der Waals surface area contributed by atoms with E-state index in [4.69, 9.17) is 9.47 Å². The Labute approximate surface area is 176 Å². The van der Waals surface area contributed by atoms with Crippen LogP contribution in [0.4, 0.5) is 10.1 Å². The van der Waals surface area contributed by atoms with Gasteiger partial charge in [0, 0.05) is 28.5 Å². The first-order valence-electron chi connectivity index (χ1n) is 9.22. The highest BCUT2D eigenvalue weighted by molar-refractivity contribution is 7.15. The van der Waals surface area contributed by atoms with Crippen LogP contribution in [0.2, 0.25) is 0 Å². The molecule has 0 saturated carbocycles. The molecule has 0 atom stereocenters. The van der Waals surface area contributed by atoms with Gasteiger partial charge in [0.1, 0.15) is 5.82 Å². The molecule has 8 heteroatoms. The molecule has 0 aliphatic carbocycles. The van der Waals surface area contributed by atoms with Gasteiger partial charge < -0.3 is 14.8 Å². The number of thiazole rings is 1. The number of hydrogen-bond donors (Lipinski definition) is 1. The van der Waals surface area contributed by atoms with Crippen LogP contribution in [0.1, 0.15) is 11.3 Å². The number of hydrogen-bond acceptors (Lipinski definition) is 5. The van der Waals surface area contributed by atoms with Crippen molar-refractivity contribution in [1.82, 2.24) is 9.38 Å². The average Bonchev–Trinajstić information content (AvgIpc) is 3.31. The van der Waals surface area contributed by atoms with Gasteiger partial charge in [-0.15, -0.1) is 11.3 Å². The molecule has 2 heterocycles. The van der Waals surface area contributed by atoms with E-state index < -0.39 is 0 Å². The fourth-order valence-corrected chi connectivity index (χ4v) is 4.09. The second-order valence-corrected chi connectivity index (χ2v) is 7.60. The molecule has 6 nitrogen and oxygen atoms in total. The van der Waals surface area contributed by atoms with Crippen molar-refractivity contribution >= 4 is 27.9 Å². The first-order chi connectivity index (χ1) is 14.5. The number of aromatic nitrogens is 2. The lowest BCUT2D eigenvalue weighted by Crippen LogP contribution is -2.16. The molecule has 0 bridgehead atoms. The molecule has 1 amide bonds. The minimum absolute atomic E-state index is 0.175. The van der Waals surface area contributed by atoms with Gasteiger partial charge in [-0.2, -0.15) is 0 Å². The molecular formula is C22H20FN3O3S. The lowest BCUT2D eigenvalue weighted by Gasteiger charge is -2.08. The van der Waals surface area contributed by atoms with Crippen molar-refractivity contribution in [2.75, 3.05) is 19.5 Å². The Bertz CT molecular complexity index is 1230. The van der Waals surface area contributed by atoms with Crippen molar-refractivity contribution in [2.45, 2.75) is 13.3 Å². The monoisotopic (exact) mass is 425 g/mol. The largest absolute Gasteiger partial charge is 0.493 e. The van der Waals surface area contributed by atoms with Crippen LogP contribution in [-0.4, -0.2) is 29.5 Å². The number of methoxy groups -OCH3 is 2. The molecule has 0 fully saturated rings. The number of ether oxygens (including phenoxy) is 2. The van der Waals surface area contributed by atoms with Crippen LogP contribution in [0, 0.1) is 12.7 Å². The zero-order chi connectivity index (χ0) is 21.3. The van der Waals surface area contributed by atoms with Crippen molar-refractivity contribution in [2.24, 2.45) is 0 Å².